The van der Waals surface area contributed by atoms with Crippen LogP contribution in [-0.2, 0) is 0 Å². The maximum absolute atomic E-state index is 13.3. The van der Waals surface area contributed by atoms with E-state index in [0.717, 1.165) is 12.8 Å². The zero-order valence-corrected chi connectivity index (χ0v) is 9.59. The van der Waals surface area contributed by atoms with Crippen LogP contribution in [0.5, 0.6) is 5.75 Å². The summed E-state index contributed by atoms with van der Waals surface area (Å²) >= 11 is 3.14. The molecule has 80 valence electrons. The molecule has 0 spiro atoms. The number of carbonyl (C=O) groups excluding carboxylic acids is 1. The number of halogens is 2. The molecule has 0 atom stereocenters. The minimum absolute atomic E-state index is 0.0379. The highest BCUT2D eigenvalue weighted by Gasteiger charge is 2.20. The average Bonchev–Trinajstić information content (AvgIpc) is 2.11. The van der Waals surface area contributed by atoms with Crippen LogP contribution >= 0.6 is 15.9 Å². The maximum atomic E-state index is 13.3. The molecule has 0 N–H and O–H groups in total. The highest BCUT2D eigenvalue weighted by Crippen LogP contribution is 2.29. The fourth-order valence-electron chi connectivity index (χ4n) is 1.42. The normalized spacial score (nSPS) is 15.9. The van der Waals surface area contributed by atoms with Gasteiger partial charge >= 0.3 is 0 Å². The first-order valence-corrected chi connectivity index (χ1v) is 5.61. The van der Waals surface area contributed by atoms with Crippen molar-refractivity contribution in [1.82, 2.24) is 0 Å². The molecule has 0 amide bonds. The Morgan fingerprint density at radius 2 is 2.20 bits per heavy atom. The van der Waals surface area contributed by atoms with E-state index in [9.17, 15) is 9.18 Å². The molecule has 0 saturated heterocycles. The number of aldehydes is 1. The van der Waals surface area contributed by atoms with Gasteiger partial charge in [-0.2, -0.15) is 0 Å². The maximum Gasteiger partial charge on any atom is 0.154 e. The highest BCUT2D eigenvalue weighted by atomic mass is 79.9. The van der Waals surface area contributed by atoms with Crippen molar-refractivity contribution in [1.29, 1.82) is 0 Å². The second kappa shape index (κ2) is 4.31. The lowest BCUT2D eigenvalue weighted by atomic mass is 9.96. The number of ether oxygens (including phenoxy) is 1. The topological polar surface area (TPSA) is 26.3 Å². The van der Waals surface area contributed by atoms with Crippen LogP contribution < -0.4 is 4.74 Å². The first-order chi connectivity index (χ1) is 7.20. The van der Waals surface area contributed by atoms with Crippen LogP contribution in [0.4, 0.5) is 4.39 Å². The van der Waals surface area contributed by atoms with Gasteiger partial charge < -0.3 is 4.74 Å². The summed E-state index contributed by atoms with van der Waals surface area (Å²) in [6, 6.07) is 2.89. The van der Waals surface area contributed by atoms with Gasteiger partial charge in [0.05, 0.1) is 11.7 Å². The Morgan fingerprint density at radius 3 is 2.67 bits per heavy atom. The van der Waals surface area contributed by atoms with Gasteiger partial charge in [0.2, 0.25) is 0 Å². The zero-order chi connectivity index (χ0) is 10.8. The monoisotopic (exact) mass is 272 g/mol. The molecule has 0 radical (unpaired) electrons. The molecular weight excluding hydrogens is 263 g/mol. The predicted octanol–water partition coefficient (Wildman–Crippen LogP) is 3.33. The minimum atomic E-state index is -0.548. The van der Waals surface area contributed by atoms with Crippen molar-refractivity contribution in [2.45, 2.75) is 25.4 Å². The molecule has 0 aliphatic heterocycles. The van der Waals surface area contributed by atoms with E-state index < -0.39 is 5.82 Å². The third kappa shape index (κ3) is 2.20. The van der Waals surface area contributed by atoms with Crippen molar-refractivity contribution >= 4 is 22.2 Å². The van der Waals surface area contributed by atoms with E-state index >= 15 is 0 Å². The van der Waals surface area contributed by atoms with E-state index in [-0.39, 0.29) is 11.7 Å². The summed E-state index contributed by atoms with van der Waals surface area (Å²) in [5, 5.41) is 0. The average molecular weight is 273 g/mol. The molecule has 1 aromatic rings. The van der Waals surface area contributed by atoms with E-state index in [1.54, 1.807) is 6.07 Å². The third-order valence-corrected chi connectivity index (χ3v) is 3.18. The van der Waals surface area contributed by atoms with Gasteiger partial charge in [0.25, 0.3) is 0 Å². The molecule has 0 unspecified atom stereocenters. The molecule has 15 heavy (non-hydrogen) atoms. The molecule has 1 aliphatic carbocycles. The van der Waals surface area contributed by atoms with E-state index in [4.69, 9.17) is 4.74 Å². The Bertz CT molecular complexity index is 365. The standard InChI is InChI=1S/C11H10BrFO2/c12-10-4-8(15-7-2-1-3-7)5-11(13)9(10)6-14/h4-7H,1-3H2. The molecule has 0 bridgehead atoms. The molecule has 4 heteroatoms. The molecule has 1 aliphatic rings. The van der Waals surface area contributed by atoms with Gasteiger partial charge in [-0.05, 0) is 41.3 Å². The quantitative estimate of drug-likeness (QED) is 0.789. The third-order valence-electron chi connectivity index (χ3n) is 2.53. The van der Waals surface area contributed by atoms with Gasteiger partial charge in [-0.1, -0.05) is 0 Å². The van der Waals surface area contributed by atoms with Gasteiger partial charge in [0.1, 0.15) is 11.6 Å². The highest BCUT2D eigenvalue weighted by molar-refractivity contribution is 9.10. The van der Waals surface area contributed by atoms with E-state index in [2.05, 4.69) is 15.9 Å². The molecule has 2 rings (SSSR count). The van der Waals surface area contributed by atoms with Crippen molar-refractivity contribution in [2.75, 3.05) is 0 Å². The van der Waals surface area contributed by atoms with Gasteiger partial charge in [0.15, 0.2) is 6.29 Å². The summed E-state index contributed by atoms with van der Waals surface area (Å²) in [6.45, 7) is 0. The Labute approximate surface area is 95.6 Å². The number of hydrogen-bond donors (Lipinski definition) is 0. The van der Waals surface area contributed by atoms with Crippen molar-refractivity contribution in [2.24, 2.45) is 0 Å². The lowest BCUT2D eigenvalue weighted by Gasteiger charge is -2.26. The first-order valence-electron chi connectivity index (χ1n) is 4.81. The van der Waals surface area contributed by atoms with Gasteiger partial charge in [0, 0.05) is 10.5 Å². The molecule has 2 nitrogen and oxygen atoms in total. The Hall–Kier alpha value is -0.900. The van der Waals surface area contributed by atoms with E-state index in [1.165, 1.54) is 12.5 Å². The zero-order valence-electron chi connectivity index (χ0n) is 8.00. The molecule has 1 fully saturated rings. The van der Waals surface area contributed by atoms with Crippen molar-refractivity contribution in [3.8, 4) is 5.75 Å². The largest absolute Gasteiger partial charge is 0.490 e. The molecule has 0 aromatic heterocycles. The van der Waals surface area contributed by atoms with Crippen LogP contribution in [0, 0.1) is 5.82 Å². The number of carbonyl (C=O) groups is 1. The van der Waals surface area contributed by atoms with Gasteiger partial charge in [-0.15, -0.1) is 0 Å². The molecule has 1 saturated carbocycles. The summed E-state index contributed by atoms with van der Waals surface area (Å²) in [6.07, 6.45) is 3.91. The fraction of sp³-hybridized carbons (Fsp3) is 0.364. The fourth-order valence-corrected chi connectivity index (χ4v) is 1.93. The summed E-state index contributed by atoms with van der Waals surface area (Å²) in [5.74, 6) is -0.0663. The second-order valence-electron chi connectivity index (χ2n) is 3.59. The lowest BCUT2D eigenvalue weighted by molar-refractivity contribution is 0.111. The van der Waals surface area contributed by atoms with E-state index in [0.29, 0.717) is 16.5 Å². The van der Waals surface area contributed by atoms with Crippen molar-refractivity contribution < 1.29 is 13.9 Å². The molecule has 1 aromatic carbocycles. The van der Waals surface area contributed by atoms with Gasteiger partial charge in [-0.25, -0.2) is 4.39 Å². The van der Waals surface area contributed by atoms with Crippen molar-refractivity contribution in [3.63, 3.8) is 0 Å². The molecule has 0 heterocycles. The predicted molar refractivity (Wildman–Crippen MR) is 57.8 cm³/mol. The Kier molecular flexibility index (Phi) is 3.05. The summed E-state index contributed by atoms with van der Waals surface area (Å²) in [5.41, 5.74) is 0.0379. The Morgan fingerprint density at radius 1 is 1.47 bits per heavy atom. The number of hydrogen-bond acceptors (Lipinski definition) is 2. The second-order valence-corrected chi connectivity index (χ2v) is 4.44. The summed E-state index contributed by atoms with van der Waals surface area (Å²) < 4.78 is 19.3. The van der Waals surface area contributed by atoms with Crippen LogP contribution in [0.1, 0.15) is 29.6 Å². The first kappa shape index (κ1) is 10.6. The SMILES string of the molecule is O=Cc1c(F)cc(OC2CCC2)cc1Br. The van der Waals surface area contributed by atoms with Crippen LogP contribution in [-0.4, -0.2) is 12.4 Å². The van der Waals surface area contributed by atoms with Crippen LogP contribution in [0.25, 0.3) is 0 Å². The Balaban J connectivity index is 2.21. The number of rotatable bonds is 3. The van der Waals surface area contributed by atoms with Gasteiger partial charge in [-0.3, -0.25) is 4.79 Å². The summed E-state index contributed by atoms with van der Waals surface area (Å²) in [7, 11) is 0. The van der Waals surface area contributed by atoms with Crippen molar-refractivity contribution in [3.05, 3.63) is 28.0 Å². The lowest BCUT2D eigenvalue weighted by Crippen LogP contribution is -2.24. The van der Waals surface area contributed by atoms with E-state index in [1.807, 2.05) is 0 Å². The number of benzene rings is 1. The smallest absolute Gasteiger partial charge is 0.154 e. The van der Waals surface area contributed by atoms with Crippen LogP contribution in [0.2, 0.25) is 0 Å². The molecular formula is C11H10BrFO2. The van der Waals surface area contributed by atoms with Crippen LogP contribution in [0.3, 0.4) is 0 Å². The summed E-state index contributed by atoms with van der Waals surface area (Å²) in [4.78, 5) is 10.5. The van der Waals surface area contributed by atoms with Crippen LogP contribution in [0.15, 0.2) is 16.6 Å². The minimum Gasteiger partial charge on any atom is -0.490 e.